The van der Waals surface area contributed by atoms with Crippen LogP contribution in [0.5, 0.6) is 0 Å². The van der Waals surface area contributed by atoms with E-state index >= 15 is 0 Å². The predicted molar refractivity (Wildman–Crippen MR) is 131 cm³/mol. The molecular weight excluding hydrogens is 466 g/mol. The summed E-state index contributed by atoms with van der Waals surface area (Å²) in [4.78, 5) is 27.4. The molecule has 4 rings (SSSR count). The summed E-state index contributed by atoms with van der Waals surface area (Å²) in [7, 11) is 0. The molecule has 7 nitrogen and oxygen atoms in total. The first-order valence-electron chi connectivity index (χ1n) is 11.9. The Kier molecular flexibility index (Phi) is 7.37. The molecule has 1 aromatic heterocycles. The molecule has 36 heavy (non-hydrogen) atoms. The molecule has 9 heteroatoms. The van der Waals surface area contributed by atoms with E-state index in [1.54, 1.807) is 33.8 Å². The smallest absolute Gasteiger partial charge is 0.410 e. The molecule has 0 bridgehead atoms. The predicted octanol–water partition coefficient (Wildman–Crippen LogP) is 5.20. The van der Waals surface area contributed by atoms with Gasteiger partial charge in [0.25, 0.3) is 5.91 Å². The summed E-state index contributed by atoms with van der Waals surface area (Å²) in [5.74, 6) is -1.16. The van der Waals surface area contributed by atoms with Crippen LogP contribution in [0.2, 0.25) is 0 Å². The minimum absolute atomic E-state index is 0.0824. The average Bonchev–Trinajstić information content (AvgIpc) is 3.28. The molecule has 2 aromatic carbocycles. The van der Waals surface area contributed by atoms with E-state index in [0.717, 1.165) is 5.56 Å². The Hall–Kier alpha value is -3.75. The zero-order valence-corrected chi connectivity index (χ0v) is 20.6. The van der Waals surface area contributed by atoms with E-state index in [4.69, 9.17) is 4.74 Å². The van der Waals surface area contributed by atoms with Crippen LogP contribution >= 0.6 is 0 Å². The number of aromatic nitrogens is 2. The van der Waals surface area contributed by atoms with E-state index in [2.05, 4.69) is 10.4 Å². The molecule has 0 unspecified atom stereocenters. The van der Waals surface area contributed by atoms with Crippen LogP contribution in [0.1, 0.15) is 61.1 Å². The van der Waals surface area contributed by atoms with Gasteiger partial charge in [0.1, 0.15) is 17.2 Å². The van der Waals surface area contributed by atoms with Gasteiger partial charge < -0.3 is 15.0 Å². The number of piperidine rings is 1. The van der Waals surface area contributed by atoms with Crippen molar-refractivity contribution in [3.05, 3.63) is 83.2 Å². The Morgan fingerprint density at radius 3 is 2.39 bits per heavy atom. The van der Waals surface area contributed by atoms with E-state index in [9.17, 15) is 18.4 Å². The quantitative estimate of drug-likeness (QED) is 0.527. The van der Waals surface area contributed by atoms with Crippen molar-refractivity contribution < 1.29 is 23.1 Å². The van der Waals surface area contributed by atoms with Gasteiger partial charge in [-0.1, -0.05) is 18.2 Å². The lowest BCUT2D eigenvalue weighted by molar-refractivity contribution is 0.0203. The van der Waals surface area contributed by atoms with Gasteiger partial charge in [-0.25, -0.2) is 18.3 Å². The highest BCUT2D eigenvalue weighted by Crippen LogP contribution is 2.33. The highest BCUT2D eigenvalue weighted by Gasteiger charge is 2.32. The molecule has 3 aromatic rings. The largest absolute Gasteiger partial charge is 0.444 e. The SMILES string of the molecule is CC(C)(C)OC(=O)N1CCC(c2c(C(=O)NCc3ccc(F)cc3)cnn2-c2cccc(F)c2)CC1. The standard InChI is InChI=1S/C27H30F2N4O3/c1-27(2,3)36-26(35)32-13-11-19(12-14-32)24-23(17-31-33(24)22-6-4-5-21(29)15-22)25(34)30-16-18-7-9-20(28)10-8-18/h4-10,15,17,19H,11-14,16H2,1-3H3,(H,30,34). The maximum atomic E-state index is 14.0. The fourth-order valence-electron chi connectivity index (χ4n) is 4.28. The van der Waals surface area contributed by atoms with Crippen molar-refractivity contribution in [2.75, 3.05) is 13.1 Å². The third-order valence-electron chi connectivity index (χ3n) is 6.00. The van der Waals surface area contributed by atoms with Gasteiger partial charge >= 0.3 is 6.09 Å². The summed E-state index contributed by atoms with van der Waals surface area (Å²) in [6.45, 7) is 6.62. The van der Waals surface area contributed by atoms with Crippen molar-refractivity contribution in [1.29, 1.82) is 0 Å². The highest BCUT2D eigenvalue weighted by molar-refractivity contribution is 5.95. The summed E-state index contributed by atoms with van der Waals surface area (Å²) in [6, 6.07) is 11.9. The molecular formula is C27H30F2N4O3. The monoisotopic (exact) mass is 496 g/mol. The maximum absolute atomic E-state index is 14.0. The zero-order chi connectivity index (χ0) is 25.9. The molecule has 0 spiro atoms. The van der Waals surface area contributed by atoms with E-state index in [-0.39, 0.29) is 30.3 Å². The van der Waals surface area contributed by atoms with Gasteiger partial charge in [-0.3, -0.25) is 4.79 Å². The zero-order valence-electron chi connectivity index (χ0n) is 20.6. The van der Waals surface area contributed by atoms with Crippen LogP contribution in [0.3, 0.4) is 0 Å². The van der Waals surface area contributed by atoms with Crippen molar-refractivity contribution in [2.45, 2.75) is 51.7 Å². The third kappa shape index (κ3) is 6.08. The van der Waals surface area contributed by atoms with Gasteiger partial charge in [-0.15, -0.1) is 0 Å². The van der Waals surface area contributed by atoms with E-state index < -0.39 is 11.4 Å². The average molecular weight is 497 g/mol. The summed E-state index contributed by atoms with van der Waals surface area (Å²) in [5.41, 5.74) is 1.74. The molecule has 1 fully saturated rings. The summed E-state index contributed by atoms with van der Waals surface area (Å²) >= 11 is 0. The number of carbonyl (C=O) groups is 2. The summed E-state index contributed by atoms with van der Waals surface area (Å²) in [6.07, 6.45) is 2.31. The number of hydrogen-bond donors (Lipinski definition) is 1. The molecule has 1 N–H and O–H groups in total. The number of likely N-dealkylation sites (tertiary alicyclic amines) is 1. The maximum Gasteiger partial charge on any atom is 0.410 e. The fraction of sp³-hybridized carbons (Fsp3) is 0.370. The number of nitrogens with one attached hydrogen (secondary N) is 1. The normalized spacial score (nSPS) is 14.5. The lowest BCUT2D eigenvalue weighted by Gasteiger charge is -2.34. The summed E-state index contributed by atoms with van der Waals surface area (Å²) < 4.78 is 34.3. The van der Waals surface area contributed by atoms with Crippen molar-refractivity contribution in [3.63, 3.8) is 0 Å². The number of hydrogen-bond acceptors (Lipinski definition) is 4. The number of rotatable bonds is 5. The van der Waals surface area contributed by atoms with Crippen LogP contribution in [0.4, 0.5) is 13.6 Å². The molecule has 2 heterocycles. The lowest BCUT2D eigenvalue weighted by atomic mass is 9.90. The Morgan fingerprint density at radius 1 is 1.06 bits per heavy atom. The van der Waals surface area contributed by atoms with E-state index in [0.29, 0.717) is 42.9 Å². The third-order valence-corrected chi connectivity index (χ3v) is 6.00. The van der Waals surface area contributed by atoms with E-state index in [1.165, 1.54) is 30.5 Å². The minimum atomic E-state index is -0.584. The van der Waals surface area contributed by atoms with E-state index in [1.807, 2.05) is 20.8 Å². The number of benzene rings is 2. The van der Waals surface area contributed by atoms with Crippen LogP contribution in [-0.4, -0.2) is 45.4 Å². The lowest BCUT2D eigenvalue weighted by Crippen LogP contribution is -2.41. The molecule has 0 aliphatic carbocycles. The van der Waals surface area contributed by atoms with Crippen molar-refractivity contribution in [1.82, 2.24) is 20.0 Å². The van der Waals surface area contributed by atoms with Crippen LogP contribution in [0.15, 0.2) is 54.7 Å². The molecule has 0 radical (unpaired) electrons. The number of ether oxygens (including phenoxy) is 1. The molecule has 2 amide bonds. The highest BCUT2D eigenvalue weighted by atomic mass is 19.1. The van der Waals surface area contributed by atoms with Crippen LogP contribution in [0.25, 0.3) is 5.69 Å². The molecule has 0 saturated carbocycles. The number of amides is 2. The Bertz CT molecular complexity index is 1230. The fourth-order valence-corrected chi connectivity index (χ4v) is 4.28. The number of halogens is 2. The second-order valence-electron chi connectivity index (χ2n) is 9.89. The second-order valence-corrected chi connectivity index (χ2v) is 9.89. The summed E-state index contributed by atoms with van der Waals surface area (Å²) in [5, 5.41) is 7.30. The van der Waals surface area contributed by atoms with Gasteiger partial charge in [-0.2, -0.15) is 5.10 Å². The Morgan fingerprint density at radius 2 is 1.75 bits per heavy atom. The van der Waals surface area contributed by atoms with Gasteiger partial charge in [0.15, 0.2) is 0 Å². The minimum Gasteiger partial charge on any atom is -0.444 e. The molecule has 1 saturated heterocycles. The first-order valence-corrected chi connectivity index (χ1v) is 11.9. The van der Waals surface area contributed by atoms with Gasteiger partial charge in [0.05, 0.1) is 23.1 Å². The number of nitrogens with zero attached hydrogens (tertiary/aromatic N) is 3. The van der Waals surface area contributed by atoms with Gasteiger partial charge in [-0.05, 0) is 69.5 Å². The van der Waals surface area contributed by atoms with Crippen LogP contribution < -0.4 is 5.32 Å². The molecule has 0 atom stereocenters. The first-order chi connectivity index (χ1) is 17.1. The Labute approximate surface area is 209 Å². The van der Waals surface area contributed by atoms with Crippen LogP contribution in [0, 0.1) is 11.6 Å². The van der Waals surface area contributed by atoms with Gasteiger partial charge in [0, 0.05) is 25.6 Å². The molecule has 1 aliphatic rings. The van der Waals surface area contributed by atoms with Crippen LogP contribution in [-0.2, 0) is 11.3 Å². The van der Waals surface area contributed by atoms with Crippen molar-refractivity contribution in [3.8, 4) is 5.69 Å². The molecule has 1 aliphatic heterocycles. The number of carbonyl (C=O) groups excluding carboxylic acids is 2. The second kappa shape index (κ2) is 10.5. The van der Waals surface area contributed by atoms with Crippen molar-refractivity contribution >= 4 is 12.0 Å². The van der Waals surface area contributed by atoms with Crippen molar-refractivity contribution in [2.24, 2.45) is 0 Å². The first kappa shape index (κ1) is 25.3. The molecule has 190 valence electrons. The topological polar surface area (TPSA) is 76.5 Å². The Balaban J connectivity index is 1.56. The van der Waals surface area contributed by atoms with Gasteiger partial charge in [0.2, 0.25) is 0 Å².